The molecule has 1 N–H and O–H groups in total. The fourth-order valence-electron chi connectivity index (χ4n) is 1.87. The molecule has 1 aromatic rings. The van der Waals surface area contributed by atoms with Gasteiger partial charge in [-0.1, -0.05) is 12.1 Å². The second-order valence-electron chi connectivity index (χ2n) is 4.23. The van der Waals surface area contributed by atoms with Crippen LogP contribution in [0.15, 0.2) is 29.3 Å². The zero-order valence-electron chi connectivity index (χ0n) is 10.7. The normalized spacial score (nSPS) is 13.7. The first-order chi connectivity index (χ1) is 8.66. The first kappa shape index (κ1) is 15.7. The molecule has 2 rings (SSSR count). The molecule has 7 heteroatoms. The van der Waals surface area contributed by atoms with Crippen molar-refractivity contribution in [1.82, 2.24) is 10.2 Å². The van der Waals surface area contributed by atoms with Crippen molar-refractivity contribution in [3.63, 3.8) is 0 Å². The topological polar surface area (TPSA) is 70.8 Å². The van der Waals surface area contributed by atoms with Crippen LogP contribution in [0.1, 0.15) is 5.56 Å². The molecule has 104 valence electrons. The molecular formula is C12H17IN4O2. The van der Waals surface area contributed by atoms with E-state index < -0.39 is 0 Å². The van der Waals surface area contributed by atoms with E-state index in [0.29, 0.717) is 0 Å². The minimum Gasteiger partial charge on any atom is -0.356 e. The molecule has 0 fully saturated rings. The van der Waals surface area contributed by atoms with Crippen molar-refractivity contribution in [2.45, 2.75) is 6.42 Å². The number of nitrogens with one attached hydrogen (secondary N) is 1. The fourth-order valence-corrected chi connectivity index (χ4v) is 1.87. The number of nitro benzene ring substituents is 1. The number of aliphatic imine (C=N–C) groups is 1. The van der Waals surface area contributed by atoms with Gasteiger partial charge >= 0.3 is 0 Å². The Morgan fingerprint density at radius 2 is 2.32 bits per heavy atom. The molecule has 0 aromatic heterocycles. The Kier molecular flexibility index (Phi) is 6.00. The van der Waals surface area contributed by atoms with Gasteiger partial charge in [-0.3, -0.25) is 15.1 Å². The van der Waals surface area contributed by atoms with Gasteiger partial charge in [0.15, 0.2) is 5.96 Å². The highest BCUT2D eigenvalue weighted by atomic mass is 127. The molecule has 1 aliphatic rings. The Bertz CT molecular complexity index is 479. The molecule has 0 saturated heterocycles. The van der Waals surface area contributed by atoms with Crippen LogP contribution in [-0.2, 0) is 6.42 Å². The molecule has 0 radical (unpaired) electrons. The molecular weight excluding hydrogens is 359 g/mol. The van der Waals surface area contributed by atoms with E-state index in [0.717, 1.165) is 37.6 Å². The minimum absolute atomic E-state index is 0. The summed E-state index contributed by atoms with van der Waals surface area (Å²) in [6, 6.07) is 6.73. The van der Waals surface area contributed by atoms with E-state index in [1.807, 2.05) is 13.1 Å². The van der Waals surface area contributed by atoms with Crippen molar-refractivity contribution in [2.75, 3.05) is 26.7 Å². The van der Waals surface area contributed by atoms with Crippen molar-refractivity contribution in [3.05, 3.63) is 39.9 Å². The summed E-state index contributed by atoms with van der Waals surface area (Å²) in [5.41, 5.74) is 1.10. The lowest BCUT2D eigenvalue weighted by Gasteiger charge is -2.14. The zero-order chi connectivity index (χ0) is 13.0. The van der Waals surface area contributed by atoms with E-state index in [9.17, 15) is 10.1 Å². The molecule has 0 spiro atoms. The number of nitro groups is 1. The molecule has 0 atom stereocenters. The van der Waals surface area contributed by atoms with Gasteiger partial charge in [-0.15, -0.1) is 24.0 Å². The smallest absolute Gasteiger partial charge is 0.269 e. The Hall–Kier alpha value is -1.38. The van der Waals surface area contributed by atoms with Crippen molar-refractivity contribution in [2.24, 2.45) is 4.99 Å². The highest BCUT2D eigenvalue weighted by Gasteiger charge is 2.11. The van der Waals surface area contributed by atoms with Gasteiger partial charge in [0.05, 0.1) is 11.5 Å². The van der Waals surface area contributed by atoms with Gasteiger partial charge in [-0.05, 0) is 12.0 Å². The molecule has 0 unspecified atom stereocenters. The monoisotopic (exact) mass is 376 g/mol. The van der Waals surface area contributed by atoms with Crippen LogP contribution in [0.25, 0.3) is 0 Å². The van der Waals surface area contributed by atoms with E-state index in [-0.39, 0.29) is 34.6 Å². The predicted molar refractivity (Wildman–Crippen MR) is 85.2 cm³/mol. The molecule has 0 bridgehead atoms. The number of hydrogen-bond donors (Lipinski definition) is 1. The fraction of sp³-hybridized carbons (Fsp3) is 0.417. The van der Waals surface area contributed by atoms with Crippen molar-refractivity contribution in [3.8, 4) is 0 Å². The summed E-state index contributed by atoms with van der Waals surface area (Å²) < 4.78 is 0. The Morgan fingerprint density at radius 1 is 1.53 bits per heavy atom. The van der Waals surface area contributed by atoms with E-state index in [2.05, 4.69) is 15.2 Å². The molecule has 6 nitrogen and oxygen atoms in total. The molecule has 0 saturated carbocycles. The van der Waals surface area contributed by atoms with Crippen LogP contribution in [0.3, 0.4) is 0 Å². The highest BCUT2D eigenvalue weighted by molar-refractivity contribution is 14.0. The van der Waals surface area contributed by atoms with Gasteiger partial charge in [0, 0.05) is 32.3 Å². The average Bonchev–Trinajstić information content (AvgIpc) is 2.76. The van der Waals surface area contributed by atoms with E-state index >= 15 is 0 Å². The summed E-state index contributed by atoms with van der Waals surface area (Å²) >= 11 is 0. The lowest BCUT2D eigenvalue weighted by Crippen LogP contribution is -2.36. The van der Waals surface area contributed by atoms with Gasteiger partial charge in [-0.2, -0.15) is 0 Å². The first-order valence-electron chi connectivity index (χ1n) is 5.89. The van der Waals surface area contributed by atoms with Crippen LogP contribution in [-0.4, -0.2) is 42.5 Å². The van der Waals surface area contributed by atoms with E-state index in [1.54, 1.807) is 12.1 Å². The Morgan fingerprint density at radius 3 is 2.95 bits per heavy atom. The standard InChI is InChI=1S/C12H16N4O2.HI/c1-15-8-7-14-12(15)13-6-5-10-3-2-4-11(9-10)16(17)18;/h2-4,9H,5-8H2,1H3,(H,13,14);1H. The largest absolute Gasteiger partial charge is 0.356 e. The van der Waals surface area contributed by atoms with Gasteiger partial charge < -0.3 is 10.2 Å². The third kappa shape index (κ3) is 4.34. The molecule has 1 aliphatic heterocycles. The average molecular weight is 376 g/mol. The summed E-state index contributed by atoms with van der Waals surface area (Å²) in [6.07, 6.45) is 0.745. The zero-order valence-corrected chi connectivity index (χ0v) is 13.0. The maximum atomic E-state index is 10.6. The van der Waals surface area contributed by atoms with Crippen molar-refractivity contribution < 1.29 is 4.92 Å². The second kappa shape index (κ2) is 7.27. The summed E-state index contributed by atoms with van der Waals surface area (Å²) in [4.78, 5) is 16.7. The summed E-state index contributed by atoms with van der Waals surface area (Å²) in [6.45, 7) is 2.50. The minimum atomic E-state index is -0.369. The van der Waals surface area contributed by atoms with Gasteiger partial charge in [-0.25, -0.2) is 0 Å². The van der Waals surface area contributed by atoms with Crippen molar-refractivity contribution in [1.29, 1.82) is 0 Å². The number of halogens is 1. The summed E-state index contributed by atoms with van der Waals surface area (Å²) in [7, 11) is 1.99. The Balaban J connectivity index is 0.00000180. The number of guanidine groups is 1. The van der Waals surface area contributed by atoms with Crippen molar-refractivity contribution >= 4 is 35.6 Å². The lowest BCUT2D eigenvalue weighted by atomic mass is 10.1. The van der Waals surface area contributed by atoms with Crippen LogP contribution in [0.2, 0.25) is 0 Å². The van der Waals surface area contributed by atoms with Crippen LogP contribution < -0.4 is 5.32 Å². The van der Waals surface area contributed by atoms with E-state index in [4.69, 9.17) is 0 Å². The number of non-ortho nitro benzene ring substituents is 1. The number of hydrogen-bond acceptors (Lipinski definition) is 5. The van der Waals surface area contributed by atoms with E-state index in [1.165, 1.54) is 6.07 Å². The first-order valence-corrected chi connectivity index (χ1v) is 5.89. The number of nitrogens with zero attached hydrogens (tertiary/aromatic N) is 3. The van der Waals surface area contributed by atoms with Gasteiger partial charge in [0.1, 0.15) is 0 Å². The van der Waals surface area contributed by atoms with Crippen LogP contribution in [0.5, 0.6) is 0 Å². The quantitative estimate of drug-likeness (QED) is 0.493. The summed E-state index contributed by atoms with van der Waals surface area (Å²) in [5, 5.41) is 13.9. The third-order valence-corrected chi connectivity index (χ3v) is 2.88. The number of likely N-dealkylation sites (N-methyl/N-ethyl adjacent to an activating group) is 1. The second-order valence-corrected chi connectivity index (χ2v) is 4.23. The third-order valence-electron chi connectivity index (χ3n) is 2.88. The van der Waals surface area contributed by atoms with Crippen LogP contribution in [0, 0.1) is 10.1 Å². The highest BCUT2D eigenvalue weighted by Crippen LogP contribution is 2.13. The number of benzene rings is 1. The SMILES string of the molecule is CN1CCN=C1NCCc1cccc([N+](=O)[O-])c1.I. The van der Waals surface area contributed by atoms with Crippen LogP contribution >= 0.6 is 24.0 Å². The van der Waals surface area contributed by atoms with Gasteiger partial charge in [0.25, 0.3) is 5.69 Å². The van der Waals surface area contributed by atoms with Gasteiger partial charge in [0.2, 0.25) is 0 Å². The molecule has 19 heavy (non-hydrogen) atoms. The molecule has 0 amide bonds. The predicted octanol–water partition coefficient (Wildman–Crippen LogP) is 1.65. The van der Waals surface area contributed by atoms with Crippen LogP contribution in [0.4, 0.5) is 5.69 Å². The maximum Gasteiger partial charge on any atom is 0.269 e. The molecule has 1 heterocycles. The molecule has 0 aliphatic carbocycles. The maximum absolute atomic E-state index is 10.6. The lowest BCUT2D eigenvalue weighted by molar-refractivity contribution is -0.384. The Labute approximate surface area is 129 Å². The molecule has 1 aromatic carbocycles. The summed E-state index contributed by atoms with van der Waals surface area (Å²) in [5.74, 6) is 0.903. The number of rotatable bonds is 4.